The van der Waals surface area contributed by atoms with Gasteiger partial charge in [0.2, 0.25) is 0 Å². The van der Waals surface area contributed by atoms with Crippen molar-refractivity contribution >= 4 is 41.5 Å². The number of amides is 1. The topological polar surface area (TPSA) is 69.2 Å². The summed E-state index contributed by atoms with van der Waals surface area (Å²) in [5.41, 5.74) is 0.862. The second-order valence-electron chi connectivity index (χ2n) is 8.01. The molecule has 2 unspecified atom stereocenters. The largest absolute Gasteiger partial charge is 0.482 e. The van der Waals surface area contributed by atoms with Crippen LogP contribution in [0.5, 0.6) is 5.75 Å². The van der Waals surface area contributed by atoms with Crippen LogP contribution in [0.25, 0.3) is 0 Å². The highest BCUT2D eigenvalue weighted by molar-refractivity contribution is 14.0. The fourth-order valence-electron chi connectivity index (χ4n) is 4.31. The maximum Gasteiger partial charge on any atom is 0.265 e. The summed E-state index contributed by atoms with van der Waals surface area (Å²) in [6, 6.07) is 9.62. The zero-order chi connectivity index (χ0) is 19.5. The number of rotatable bonds is 6. The Hall–Kier alpha value is -1.55. The van der Waals surface area contributed by atoms with Crippen LogP contribution < -0.4 is 20.3 Å². The molecule has 8 heteroatoms. The van der Waals surface area contributed by atoms with Gasteiger partial charge >= 0.3 is 0 Å². The van der Waals surface area contributed by atoms with Crippen LogP contribution in [0.2, 0.25) is 0 Å². The highest BCUT2D eigenvalue weighted by Crippen LogP contribution is 2.33. The molecule has 1 aliphatic carbocycles. The van der Waals surface area contributed by atoms with Crippen LogP contribution in [0, 0.1) is 0 Å². The minimum Gasteiger partial charge on any atom is -0.482 e. The van der Waals surface area contributed by atoms with Gasteiger partial charge in [-0.1, -0.05) is 12.1 Å². The number of likely N-dealkylation sites (tertiary alicyclic amines) is 1. The lowest BCUT2D eigenvalue weighted by Crippen LogP contribution is -2.46. The van der Waals surface area contributed by atoms with Crippen LogP contribution in [0.4, 0.5) is 5.69 Å². The number of hydrogen-bond acceptors (Lipinski definition) is 4. The van der Waals surface area contributed by atoms with Gasteiger partial charge in [-0.2, -0.15) is 0 Å². The quantitative estimate of drug-likeness (QED) is 0.264. The second-order valence-corrected chi connectivity index (χ2v) is 8.01. The molecule has 4 rings (SSSR count). The lowest BCUT2D eigenvalue weighted by molar-refractivity contribution is -0.121. The molecule has 0 aromatic heterocycles. The van der Waals surface area contributed by atoms with Crippen molar-refractivity contribution in [1.29, 1.82) is 0 Å². The van der Waals surface area contributed by atoms with Crippen molar-refractivity contribution in [3.8, 4) is 5.75 Å². The first-order valence-corrected chi connectivity index (χ1v) is 10.4. The smallest absolute Gasteiger partial charge is 0.265 e. The van der Waals surface area contributed by atoms with E-state index in [1.165, 1.54) is 12.8 Å². The van der Waals surface area contributed by atoms with Crippen molar-refractivity contribution in [2.75, 3.05) is 38.2 Å². The monoisotopic (exact) mass is 513 g/mol. The SMILES string of the molecule is CN=C(NCCCN1C(=O)COc2ccccc21)NC1CC(C)N(C2CC2)C1.I. The third kappa shape index (κ3) is 5.33. The Morgan fingerprint density at radius 2 is 2.10 bits per heavy atom. The average molecular weight is 513 g/mol. The molecule has 1 saturated carbocycles. The van der Waals surface area contributed by atoms with E-state index < -0.39 is 0 Å². The second kappa shape index (κ2) is 9.97. The van der Waals surface area contributed by atoms with Crippen LogP contribution in [-0.2, 0) is 4.79 Å². The number of hydrogen-bond donors (Lipinski definition) is 2. The Morgan fingerprint density at radius 1 is 1.31 bits per heavy atom. The van der Waals surface area contributed by atoms with Crippen LogP contribution in [0.15, 0.2) is 29.3 Å². The minimum atomic E-state index is 0. The van der Waals surface area contributed by atoms with Crippen molar-refractivity contribution in [3.05, 3.63) is 24.3 Å². The average Bonchev–Trinajstić information content (AvgIpc) is 3.48. The van der Waals surface area contributed by atoms with E-state index >= 15 is 0 Å². The summed E-state index contributed by atoms with van der Waals surface area (Å²) >= 11 is 0. The lowest BCUT2D eigenvalue weighted by atomic mass is 10.2. The highest BCUT2D eigenvalue weighted by Gasteiger charge is 2.38. The van der Waals surface area contributed by atoms with Gasteiger partial charge in [0.25, 0.3) is 5.91 Å². The molecule has 2 heterocycles. The third-order valence-corrected chi connectivity index (χ3v) is 5.86. The number of carbonyl (C=O) groups is 1. The number of fused-ring (bicyclic) bond motifs is 1. The van der Waals surface area contributed by atoms with Crippen LogP contribution >= 0.6 is 24.0 Å². The molecular formula is C21H32IN5O2. The Bertz CT molecular complexity index is 740. The predicted molar refractivity (Wildman–Crippen MR) is 126 cm³/mol. The van der Waals surface area contributed by atoms with Crippen LogP contribution in [-0.4, -0.2) is 68.2 Å². The maximum atomic E-state index is 12.2. The molecule has 2 aliphatic heterocycles. The van der Waals surface area contributed by atoms with E-state index in [1.54, 1.807) is 0 Å². The summed E-state index contributed by atoms with van der Waals surface area (Å²) in [6.07, 6.45) is 4.72. The molecule has 29 heavy (non-hydrogen) atoms. The zero-order valence-electron chi connectivity index (χ0n) is 17.3. The first kappa shape index (κ1) is 22.1. The number of nitrogens with one attached hydrogen (secondary N) is 2. The van der Waals surface area contributed by atoms with E-state index in [1.807, 2.05) is 36.2 Å². The molecule has 1 amide bonds. The molecule has 1 aromatic rings. The molecule has 2 N–H and O–H groups in total. The molecule has 2 fully saturated rings. The zero-order valence-corrected chi connectivity index (χ0v) is 19.6. The number of benzene rings is 1. The number of aliphatic imine (C=N–C) groups is 1. The van der Waals surface area contributed by atoms with Crippen LogP contribution in [0.1, 0.15) is 32.6 Å². The number of para-hydroxylation sites is 2. The first-order chi connectivity index (χ1) is 13.7. The van der Waals surface area contributed by atoms with Gasteiger partial charge in [0.05, 0.1) is 5.69 Å². The molecular weight excluding hydrogens is 481 g/mol. The molecule has 0 radical (unpaired) electrons. The maximum absolute atomic E-state index is 12.2. The fourth-order valence-corrected chi connectivity index (χ4v) is 4.31. The van der Waals surface area contributed by atoms with Crippen molar-refractivity contribution < 1.29 is 9.53 Å². The molecule has 160 valence electrons. The van der Waals surface area contributed by atoms with Crippen LogP contribution in [0.3, 0.4) is 0 Å². The Balaban J connectivity index is 0.00000240. The summed E-state index contributed by atoms with van der Waals surface area (Å²) < 4.78 is 5.50. The molecule has 0 bridgehead atoms. The molecule has 0 spiro atoms. The number of guanidine groups is 1. The van der Waals surface area contributed by atoms with E-state index in [9.17, 15) is 4.79 Å². The van der Waals surface area contributed by atoms with E-state index in [-0.39, 0.29) is 36.5 Å². The number of halogens is 1. The van der Waals surface area contributed by atoms with E-state index in [0.29, 0.717) is 18.6 Å². The number of nitrogens with zero attached hydrogens (tertiary/aromatic N) is 3. The van der Waals surface area contributed by atoms with Crippen molar-refractivity contribution in [1.82, 2.24) is 15.5 Å². The van der Waals surface area contributed by atoms with Crippen molar-refractivity contribution in [2.24, 2.45) is 4.99 Å². The third-order valence-electron chi connectivity index (χ3n) is 5.86. The normalized spacial score (nSPS) is 24.6. The van der Waals surface area contributed by atoms with Gasteiger partial charge < -0.3 is 20.3 Å². The number of anilines is 1. The van der Waals surface area contributed by atoms with Gasteiger partial charge in [0.1, 0.15) is 5.75 Å². The number of carbonyl (C=O) groups excluding carboxylic acids is 1. The Kier molecular flexibility index (Phi) is 7.61. The predicted octanol–water partition coefficient (Wildman–Crippen LogP) is 2.21. The standard InChI is InChI=1S/C21H31N5O2.HI/c1-15-12-16(13-26(15)17-8-9-17)24-21(22-2)23-10-5-11-25-18-6-3-4-7-19(18)28-14-20(25)27;/h3-4,6-7,15-17H,5,8-14H2,1-2H3,(H2,22,23,24);1H. The summed E-state index contributed by atoms with van der Waals surface area (Å²) in [5, 5.41) is 6.97. The first-order valence-electron chi connectivity index (χ1n) is 10.4. The van der Waals surface area contributed by atoms with E-state index in [0.717, 1.165) is 49.4 Å². The summed E-state index contributed by atoms with van der Waals surface area (Å²) in [6.45, 7) is 4.98. The van der Waals surface area contributed by atoms with Gasteiger partial charge in [-0.05, 0) is 44.7 Å². The summed E-state index contributed by atoms with van der Waals surface area (Å²) in [7, 11) is 1.81. The summed E-state index contributed by atoms with van der Waals surface area (Å²) in [4.78, 5) is 21.1. The molecule has 1 saturated heterocycles. The van der Waals surface area contributed by atoms with Crippen molar-refractivity contribution in [2.45, 2.75) is 50.7 Å². The Labute approximate surface area is 190 Å². The van der Waals surface area contributed by atoms with E-state index in [4.69, 9.17) is 4.74 Å². The van der Waals surface area contributed by atoms with E-state index in [2.05, 4.69) is 27.4 Å². The molecule has 7 nitrogen and oxygen atoms in total. The fraction of sp³-hybridized carbons (Fsp3) is 0.619. The lowest BCUT2D eigenvalue weighted by Gasteiger charge is -2.29. The van der Waals surface area contributed by atoms with Gasteiger partial charge in [-0.3, -0.25) is 14.7 Å². The van der Waals surface area contributed by atoms with Gasteiger partial charge in [-0.15, -0.1) is 24.0 Å². The minimum absolute atomic E-state index is 0. The summed E-state index contributed by atoms with van der Waals surface area (Å²) in [5.74, 6) is 1.65. The van der Waals surface area contributed by atoms with Gasteiger partial charge in [-0.25, -0.2) is 0 Å². The molecule has 1 aromatic carbocycles. The van der Waals surface area contributed by atoms with Gasteiger partial charge in [0, 0.05) is 44.8 Å². The van der Waals surface area contributed by atoms with Gasteiger partial charge in [0.15, 0.2) is 12.6 Å². The molecule has 3 aliphatic rings. The highest BCUT2D eigenvalue weighted by atomic mass is 127. The Morgan fingerprint density at radius 3 is 2.86 bits per heavy atom. The molecule has 2 atom stereocenters. The number of ether oxygens (including phenoxy) is 1. The van der Waals surface area contributed by atoms with Crippen molar-refractivity contribution in [3.63, 3.8) is 0 Å².